The van der Waals surface area contributed by atoms with E-state index < -0.39 is 0 Å². The number of nitrogens with zero attached hydrogens (tertiary/aromatic N) is 3. The molecule has 2 unspecified atom stereocenters. The summed E-state index contributed by atoms with van der Waals surface area (Å²) in [5, 5.41) is 6.71. The van der Waals surface area contributed by atoms with Gasteiger partial charge in [0.25, 0.3) is 0 Å². The van der Waals surface area contributed by atoms with E-state index in [9.17, 15) is 0 Å². The van der Waals surface area contributed by atoms with Crippen molar-refractivity contribution in [1.82, 2.24) is 20.2 Å². The molecule has 1 N–H and O–H groups in total. The SMILES string of the molecule is CCOC(C)c1nc(CN2CCNCC2c2cccnc2)cs1. The van der Waals surface area contributed by atoms with Gasteiger partial charge in [0, 0.05) is 56.6 Å². The van der Waals surface area contributed by atoms with Crippen molar-refractivity contribution in [1.29, 1.82) is 0 Å². The van der Waals surface area contributed by atoms with Crippen LogP contribution in [-0.2, 0) is 11.3 Å². The second kappa shape index (κ2) is 7.97. The van der Waals surface area contributed by atoms with Crippen LogP contribution >= 0.6 is 11.3 Å². The van der Waals surface area contributed by atoms with Crippen molar-refractivity contribution in [2.75, 3.05) is 26.2 Å². The lowest BCUT2D eigenvalue weighted by Crippen LogP contribution is -2.45. The molecule has 3 rings (SSSR count). The number of hydrogen-bond donors (Lipinski definition) is 1. The molecule has 0 aliphatic carbocycles. The first-order valence-electron chi connectivity index (χ1n) is 8.18. The molecule has 0 bridgehead atoms. The van der Waals surface area contributed by atoms with Gasteiger partial charge in [0.2, 0.25) is 0 Å². The molecule has 0 saturated carbocycles. The van der Waals surface area contributed by atoms with Gasteiger partial charge in [-0.1, -0.05) is 6.07 Å². The Morgan fingerprint density at radius 1 is 1.52 bits per heavy atom. The maximum atomic E-state index is 5.64. The zero-order valence-corrected chi connectivity index (χ0v) is 14.6. The summed E-state index contributed by atoms with van der Waals surface area (Å²) in [5.74, 6) is 0. The summed E-state index contributed by atoms with van der Waals surface area (Å²) < 4.78 is 5.64. The van der Waals surface area contributed by atoms with Gasteiger partial charge in [-0.05, 0) is 25.5 Å². The van der Waals surface area contributed by atoms with Gasteiger partial charge in [-0.15, -0.1) is 11.3 Å². The fraction of sp³-hybridized carbons (Fsp3) is 0.529. The number of thiazole rings is 1. The predicted octanol–water partition coefficient (Wildman–Crippen LogP) is 2.78. The molecular formula is C17H24N4OS. The molecule has 124 valence electrons. The Morgan fingerprint density at radius 2 is 2.43 bits per heavy atom. The van der Waals surface area contributed by atoms with Crippen LogP contribution in [0.1, 0.15) is 42.3 Å². The lowest BCUT2D eigenvalue weighted by Gasteiger charge is -2.35. The van der Waals surface area contributed by atoms with Crippen molar-refractivity contribution < 1.29 is 4.74 Å². The highest BCUT2D eigenvalue weighted by atomic mass is 32.1. The first kappa shape index (κ1) is 16.5. The van der Waals surface area contributed by atoms with Crippen molar-refractivity contribution in [3.05, 3.63) is 46.2 Å². The monoisotopic (exact) mass is 332 g/mol. The molecule has 2 atom stereocenters. The van der Waals surface area contributed by atoms with Crippen LogP contribution in [-0.4, -0.2) is 41.1 Å². The summed E-state index contributed by atoms with van der Waals surface area (Å²) in [6, 6.07) is 4.51. The van der Waals surface area contributed by atoms with Gasteiger partial charge in [-0.3, -0.25) is 9.88 Å². The fourth-order valence-electron chi connectivity index (χ4n) is 2.95. The highest BCUT2D eigenvalue weighted by Gasteiger charge is 2.24. The summed E-state index contributed by atoms with van der Waals surface area (Å²) >= 11 is 1.69. The molecule has 1 fully saturated rings. The third kappa shape index (κ3) is 4.14. The minimum atomic E-state index is 0.0795. The summed E-state index contributed by atoms with van der Waals surface area (Å²) in [6.07, 6.45) is 3.87. The van der Waals surface area contributed by atoms with Crippen LogP contribution in [0.2, 0.25) is 0 Å². The van der Waals surface area contributed by atoms with Crippen molar-refractivity contribution in [2.24, 2.45) is 0 Å². The van der Waals surface area contributed by atoms with Crippen molar-refractivity contribution in [2.45, 2.75) is 32.5 Å². The fourth-order valence-corrected chi connectivity index (χ4v) is 3.76. The van der Waals surface area contributed by atoms with Crippen LogP contribution in [0.3, 0.4) is 0 Å². The zero-order chi connectivity index (χ0) is 16.1. The van der Waals surface area contributed by atoms with Gasteiger partial charge in [0.1, 0.15) is 11.1 Å². The average molecular weight is 332 g/mol. The Balaban J connectivity index is 1.70. The Morgan fingerprint density at radius 3 is 3.22 bits per heavy atom. The van der Waals surface area contributed by atoms with Gasteiger partial charge < -0.3 is 10.1 Å². The maximum absolute atomic E-state index is 5.64. The summed E-state index contributed by atoms with van der Waals surface area (Å²) in [4.78, 5) is 11.5. The van der Waals surface area contributed by atoms with E-state index in [2.05, 4.69) is 33.6 Å². The van der Waals surface area contributed by atoms with E-state index in [-0.39, 0.29) is 6.10 Å². The summed E-state index contributed by atoms with van der Waals surface area (Å²) in [7, 11) is 0. The maximum Gasteiger partial charge on any atom is 0.122 e. The molecule has 0 spiro atoms. The smallest absolute Gasteiger partial charge is 0.122 e. The van der Waals surface area contributed by atoms with E-state index in [1.807, 2.05) is 25.4 Å². The van der Waals surface area contributed by atoms with Crippen LogP contribution in [0.25, 0.3) is 0 Å². The third-order valence-corrected chi connectivity index (χ3v) is 5.18. The second-order valence-electron chi connectivity index (χ2n) is 5.75. The minimum absolute atomic E-state index is 0.0795. The predicted molar refractivity (Wildman–Crippen MR) is 92.4 cm³/mol. The molecule has 23 heavy (non-hydrogen) atoms. The van der Waals surface area contributed by atoms with E-state index in [0.717, 1.165) is 43.5 Å². The highest BCUT2D eigenvalue weighted by molar-refractivity contribution is 7.09. The van der Waals surface area contributed by atoms with Crippen LogP contribution in [0.5, 0.6) is 0 Å². The van der Waals surface area contributed by atoms with Crippen molar-refractivity contribution in [3.8, 4) is 0 Å². The minimum Gasteiger partial charge on any atom is -0.372 e. The number of rotatable bonds is 6. The number of ether oxygens (including phenoxy) is 1. The first-order chi connectivity index (χ1) is 11.3. The lowest BCUT2D eigenvalue weighted by molar-refractivity contribution is 0.0758. The second-order valence-corrected chi connectivity index (χ2v) is 6.64. The normalized spacial score (nSPS) is 20.5. The first-order valence-corrected chi connectivity index (χ1v) is 9.06. The number of hydrogen-bond acceptors (Lipinski definition) is 6. The molecular weight excluding hydrogens is 308 g/mol. The van der Waals surface area contributed by atoms with Crippen molar-refractivity contribution >= 4 is 11.3 Å². The van der Waals surface area contributed by atoms with Gasteiger partial charge in [-0.2, -0.15) is 0 Å². The summed E-state index contributed by atoms with van der Waals surface area (Å²) in [6.45, 7) is 8.67. The Hall–Kier alpha value is -1.34. The Kier molecular flexibility index (Phi) is 5.72. The van der Waals surface area contributed by atoms with Gasteiger partial charge >= 0.3 is 0 Å². The third-order valence-electron chi connectivity index (χ3n) is 4.12. The van der Waals surface area contributed by atoms with Crippen LogP contribution in [0.4, 0.5) is 0 Å². The average Bonchev–Trinajstić information content (AvgIpc) is 3.05. The Bertz CT molecular complexity index is 604. The molecule has 2 aromatic rings. The molecule has 2 aromatic heterocycles. The van der Waals surface area contributed by atoms with Gasteiger partial charge in [0.15, 0.2) is 0 Å². The topological polar surface area (TPSA) is 50.3 Å². The molecule has 6 heteroatoms. The van der Waals surface area contributed by atoms with E-state index in [0.29, 0.717) is 6.04 Å². The van der Waals surface area contributed by atoms with E-state index >= 15 is 0 Å². The van der Waals surface area contributed by atoms with Crippen molar-refractivity contribution in [3.63, 3.8) is 0 Å². The number of aromatic nitrogens is 2. The van der Waals surface area contributed by atoms with Gasteiger partial charge in [-0.25, -0.2) is 4.98 Å². The number of piperazine rings is 1. The van der Waals surface area contributed by atoms with E-state index in [1.54, 1.807) is 11.3 Å². The zero-order valence-electron chi connectivity index (χ0n) is 13.7. The standard InChI is InChI=1S/C17H24N4OS/c1-3-22-13(2)17-20-15(12-23-17)11-21-8-7-19-10-16(21)14-5-4-6-18-9-14/h4-6,9,12-13,16,19H,3,7-8,10-11H2,1-2H3. The van der Waals surface area contributed by atoms with Crippen LogP contribution in [0.15, 0.2) is 29.9 Å². The lowest BCUT2D eigenvalue weighted by atomic mass is 10.1. The molecule has 3 heterocycles. The quantitative estimate of drug-likeness (QED) is 0.881. The number of pyridine rings is 1. The molecule has 0 aromatic carbocycles. The van der Waals surface area contributed by atoms with E-state index in [4.69, 9.17) is 9.72 Å². The Labute approximate surface area is 141 Å². The molecule has 1 aliphatic rings. The molecule has 0 radical (unpaired) electrons. The molecule has 1 saturated heterocycles. The molecule has 0 amide bonds. The largest absolute Gasteiger partial charge is 0.372 e. The highest BCUT2D eigenvalue weighted by Crippen LogP contribution is 2.26. The van der Waals surface area contributed by atoms with Crippen LogP contribution in [0, 0.1) is 0 Å². The van der Waals surface area contributed by atoms with Gasteiger partial charge in [0.05, 0.1) is 5.69 Å². The molecule has 1 aliphatic heterocycles. The number of nitrogens with one attached hydrogen (secondary N) is 1. The van der Waals surface area contributed by atoms with E-state index in [1.165, 1.54) is 5.56 Å². The molecule has 5 nitrogen and oxygen atoms in total. The van der Waals surface area contributed by atoms with Crippen LogP contribution < -0.4 is 5.32 Å². The summed E-state index contributed by atoms with van der Waals surface area (Å²) in [5.41, 5.74) is 2.39.